The summed E-state index contributed by atoms with van der Waals surface area (Å²) in [5, 5.41) is 0. The van der Waals surface area contributed by atoms with Crippen molar-refractivity contribution in [2.24, 2.45) is 5.73 Å². The molecule has 1 aromatic rings. The molecule has 0 bridgehead atoms. The van der Waals surface area contributed by atoms with Gasteiger partial charge in [-0.1, -0.05) is 12.1 Å². The molecule has 17 heavy (non-hydrogen) atoms. The maximum atomic E-state index is 13.7. The molecule has 94 valence electrons. The third-order valence-electron chi connectivity index (χ3n) is 2.50. The number of benzene rings is 1. The zero-order chi connectivity index (χ0) is 13.0. The Balaban J connectivity index is 2.92. The van der Waals surface area contributed by atoms with E-state index in [0.717, 1.165) is 0 Å². The second-order valence-electron chi connectivity index (χ2n) is 3.63. The molecule has 0 aliphatic rings. The van der Waals surface area contributed by atoms with Crippen LogP contribution in [0.25, 0.3) is 0 Å². The molecule has 1 unspecified atom stereocenters. The largest absolute Gasteiger partial charge is 0.464 e. The quantitative estimate of drug-likeness (QED) is 0.823. The fraction of sp³-hybridized carbons (Fsp3) is 0.417. The number of hydrogen-bond acceptors (Lipinski definition) is 3. The lowest BCUT2D eigenvalue weighted by atomic mass is 9.98. The Hall–Kier alpha value is -1.49. The van der Waals surface area contributed by atoms with Crippen molar-refractivity contribution < 1.29 is 18.3 Å². The molecule has 2 N–H and O–H groups in total. The van der Waals surface area contributed by atoms with Gasteiger partial charge in [-0.15, -0.1) is 0 Å². The highest BCUT2D eigenvalue weighted by atomic mass is 19.1. The Kier molecular flexibility index (Phi) is 4.57. The molecule has 0 fully saturated rings. The minimum atomic E-state index is -1.99. The Labute approximate surface area is 98.6 Å². The molecule has 0 spiro atoms. The van der Waals surface area contributed by atoms with Gasteiger partial charge < -0.3 is 10.5 Å². The number of halogens is 2. The van der Waals surface area contributed by atoms with Crippen molar-refractivity contribution in [2.75, 3.05) is 6.61 Å². The standard InChI is InChI=1S/C12H15F2NO2/c1-3-17-12(16)10(14)11(15)8-5-4-6-9(13)7(8)2/h4-6,10-11H,3,15H2,1-2H3/t10?,11-/m0/s1. The van der Waals surface area contributed by atoms with Crippen molar-refractivity contribution in [1.29, 1.82) is 0 Å². The lowest BCUT2D eigenvalue weighted by Gasteiger charge is -2.18. The van der Waals surface area contributed by atoms with Gasteiger partial charge in [0.2, 0.25) is 6.17 Å². The summed E-state index contributed by atoms with van der Waals surface area (Å²) in [6.07, 6.45) is -1.99. The maximum absolute atomic E-state index is 13.7. The zero-order valence-corrected chi connectivity index (χ0v) is 9.74. The Morgan fingerprint density at radius 2 is 2.18 bits per heavy atom. The molecule has 2 atom stereocenters. The third-order valence-corrected chi connectivity index (χ3v) is 2.50. The van der Waals surface area contributed by atoms with Crippen LogP contribution in [-0.4, -0.2) is 18.7 Å². The Morgan fingerprint density at radius 1 is 1.53 bits per heavy atom. The van der Waals surface area contributed by atoms with Crippen LogP contribution in [0.3, 0.4) is 0 Å². The number of carbonyl (C=O) groups is 1. The summed E-state index contributed by atoms with van der Waals surface area (Å²) in [7, 11) is 0. The molecule has 3 nitrogen and oxygen atoms in total. The van der Waals surface area contributed by atoms with E-state index in [4.69, 9.17) is 5.73 Å². The number of alkyl halides is 1. The molecule has 5 heteroatoms. The second-order valence-corrected chi connectivity index (χ2v) is 3.63. The summed E-state index contributed by atoms with van der Waals surface area (Å²) in [4.78, 5) is 11.2. The first kappa shape index (κ1) is 13.6. The van der Waals surface area contributed by atoms with Crippen LogP contribution in [-0.2, 0) is 9.53 Å². The SMILES string of the molecule is CCOC(=O)C(F)[C@@H](N)c1cccc(F)c1C. The number of hydrogen-bond donors (Lipinski definition) is 1. The lowest BCUT2D eigenvalue weighted by molar-refractivity contribution is -0.149. The van der Waals surface area contributed by atoms with Gasteiger partial charge in [-0.2, -0.15) is 0 Å². The van der Waals surface area contributed by atoms with Crippen LogP contribution in [0.4, 0.5) is 8.78 Å². The molecular formula is C12H15F2NO2. The van der Waals surface area contributed by atoms with Gasteiger partial charge in [-0.25, -0.2) is 13.6 Å². The summed E-state index contributed by atoms with van der Waals surface area (Å²) >= 11 is 0. The molecular weight excluding hydrogens is 228 g/mol. The minimum absolute atomic E-state index is 0.0775. The molecule has 1 rings (SSSR count). The van der Waals surface area contributed by atoms with Crippen LogP contribution in [0.1, 0.15) is 24.1 Å². The van der Waals surface area contributed by atoms with Crippen molar-refractivity contribution >= 4 is 5.97 Å². The van der Waals surface area contributed by atoms with Crippen LogP contribution >= 0.6 is 0 Å². The number of rotatable bonds is 4. The molecule has 0 heterocycles. The number of carbonyl (C=O) groups excluding carboxylic acids is 1. The molecule has 0 aliphatic carbocycles. The first-order valence-corrected chi connectivity index (χ1v) is 5.30. The number of esters is 1. The van der Waals surface area contributed by atoms with Gasteiger partial charge in [-0.05, 0) is 31.0 Å². The highest BCUT2D eigenvalue weighted by molar-refractivity contribution is 5.75. The van der Waals surface area contributed by atoms with E-state index in [1.807, 2.05) is 0 Å². The van der Waals surface area contributed by atoms with Gasteiger partial charge in [0.05, 0.1) is 12.6 Å². The van der Waals surface area contributed by atoms with Crippen LogP contribution in [0.5, 0.6) is 0 Å². The van der Waals surface area contributed by atoms with E-state index in [9.17, 15) is 13.6 Å². The van der Waals surface area contributed by atoms with Crippen molar-refractivity contribution in [2.45, 2.75) is 26.1 Å². The number of ether oxygens (including phenoxy) is 1. The maximum Gasteiger partial charge on any atom is 0.342 e. The monoisotopic (exact) mass is 243 g/mol. The van der Waals surface area contributed by atoms with E-state index in [1.54, 1.807) is 6.92 Å². The molecule has 0 amide bonds. The normalized spacial score (nSPS) is 14.2. The average Bonchev–Trinajstić information content (AvgIpc) is 2.31. The fourth-order valence-electron chi connectivity index (χ4n) is 1.51. The molecule has 0 saturated heterocycles. The average molecular weight is 243 g/mol. The topological polar surface area (TPSA) is 52.3 Å². The summed E-state index contributed by atoms with van der Waals surface area (Å²) < 4.78 is 31.4. The summed E-state index contributed by atoms with van der Waals surface area (Å²) in [5.74, 6) is -1.50. The predicted molar refractivity (Wildman–Crippen MR) is 59.6 cm³/mol. The van der Waals surface area contributed by atoms with Gasteiger partial charge in [0, 0.05) is 0 Å². The van der Waals surface area contributed by atoms with E-state index in [1.165, 1.54) is 25.1 Å². The molecule has 0 aliphatic heterocycles. The van der Waals surface area contributed by atoms with Crippen LogP contribution in [0.15, 0.2) is 18.2 Å². The van der Waals surface area contributed by atoms with Crippen molar-refractivity contribution in [3.05, 3.63) is 35.1 Å². The zero-order valence-electron chi connectivity index (χ0n) is 9.74. The van der Waals surface area contributed by atoms with Crippen LogP contribution in [0, 0.1) is 12.7 Å². The first-order chi connectivity index (χ1) is 7.99. The van der Waals surface area contributed by atoms with E-state index >= 15 is 0 Å². The second kappa shape index (κ2) is 5.72. The summed E-state index contributed by atoms with van der Waals surface area (Å²) in [5.41, 5.74) is 6.11. The van der Waals surface area contributed by atoms with E-state index < -0.39 is 24.0 Å². The molecule has 0 radical (unpaired) electrons. The highest BCUT2D eigenvalue weighted by Gasteiger charge is 2.29. The van der Waals surface area contributed by atoms with E-state index in [-0.39, 0.29) is 17.7 Å². The fourth-order valence-corrected chi connectivity index (χ4v) is 1.51. The van der Waals surface area contributed by atoms with Gasteiger partial charge in [0.1, 0.15) is 5.82 Å². The van der Waals surface area contributed by atoms with Crippen LogP contribution in [0.2, 0.25) is 0 Å². The summed E-state index contributed by atoms with van der Waals surface area (Å²) in [6, 6.07) is 2.96. The number of nitrogens with two attached hydrogens (primary N) is 1. The van der Waals surface area contributed by atoms with Gasteiger partial charge in [0.25, 0.3) is 0 Å². The lowest BCUT2D eigenvalue weighted by Crippen LogP contribution is -2.32. The van der Waals surface area contributed by atoms with Crippen LogP contribution < -0.4 is 5.73 Å². The van der Waals surface area contributed by atoms with Gasteiger partial charge >= 0.3 is 5.97 Å². The highest BCUT2D eigenvalue weighted by Crippen LogP contribution is 2.23. The Bertz CT molecular complexity index is 409. The van der Waals surface area contributed by atoms with E-state index in [2.05, 4.69) is 4.74 Å². The van der Waals surface area contributed by atoms with Gasteiger partial charge in [-0.3, -0.25) is 0 Å². The third kappa shape index (κ3) is 3.00. The van der Waals surface area contributed by atoms with Gasteiger partial charge in [0.15, 0.2) is 0 Å². The van der Waals surface area contributed by atoms with Crippen molar-refractivity contribution in [3.63, 3.8) is 0 Å². The summed E-state index contributed by atoms with van der Waals surface area (Å²) in [6.45, 7) is 3.14. The smallest absolute Gasteiger partial charge is 0.342 e. The Morgan fingerprint density at radius 3 is 2.76 bits per heavy atom. The predicted octanol–water partition coefficient (Wildman–Crippen LogP) is 2.04. The molecule has 1 aromatic carbocycles. The van der Waals surface area contributed by atoms with E-state index in [0.29, 0.717) is 0 Å². The van der Waals surface area contributed by atoms with Crippen molar-refractivity contribution in [3.8, 4) is 0 Å². The van der Waals surface area contributed by atoms with Crippen molar-refractivity contribution in [1.82, 2.24) is 0 Å². The minimum Gasteiger partial charge on any atom is -0.464 e. The molecule has 0 aromatic heterocycles. The first-order valence-electron chi connectivity index (χ1n) is 5.30. The molecule has 0 saturated carbocycles.